The van der Waals surface area contributed by atoms with Gasteiger partial charge in [0.05, 0.1) is 12.2 Å². The Kier molecular flexibility index (Phi) is 3.34. The van der Waals surface area contributed by atoms with Crippen LogP contribution in [0.2, 0.25) is 0 Å². The Morgan fingerprint density at radius 3 is 2.36 bits per heavy atom. The van der Waals surface area contributed by atoms with Gasteiger partial charge in [0.2, 0.25) is 0 Å². The van der Waals surface area contributed by atoms with Crippen LogP contribution < -0.4 is 0 Å². The van der Waals surface area contributed by atoms with E-state index in [1.807, 2.05) is 6.92 Å². The Balaban J connectivity index is 2.32. The molecule has 1 saturated carbocycles. The summed E-state index contributed by atoms with van der Waals surface area (Å²) in [5.74, 6) is 0.491. The van der Waals surface area contributed by atoms with Gasteiger partial charge in [-0.15, -0.1) is 0 Å². The second kappa shape index (κ2) is 4.07. The minimum Gasteiger partial charge on any atom is -0.390 e. The maximum atomic E-state index is 9.69. The van der Waals surface area contributed by atoms with Gasteiger partial charge >= 0.3 is 0 Å². The van der Waals surface area contributed by atoms with Crippen LogP contribution in [0.5, 0.6) is 0 Å². The smallest absolute Gasteiger partial charge is 0.0827 e. The van der Waals surface area contributed by atoms with Crippen LogP contribution in [-0.2, 0) is 4.74 Å². The molecule has 0 bridgehead atoms. The van der Waals surface area contributed by atoms with Gasteiger partial charge in [-0.05, 0) is 25.7 Å². The molecule has 0 radical (unpaired) electrons. The molecule has 2 atom stereocenters. The van der Waals surface area contributed by atoms with Crippen molar-refractivity contribution in [1.82, 2.24) is 0 Å². The van der Waals surface area contributed by atoms with Gasteiger partial charge in [-0.3, -0.25) is 0 Å². The fourth-order valence-corrected chi connectivity index (χ4v) is 1.82. The topological polar surface area (TPSA) is 29.5 Å². The third kappa shape index (κ3) is 2.17. The van der Waals surface area contributed by atoms with Gasteiger partial charge in [-0.1, -0.05) is 12.8 Å². The zero-order chi connectivity index (χ0) is 8.27. The fraction of sp³-hybridized carbons (Fsp3) is 1.00. The highest BCUT2D eigenvalue weighted by Crippen LogP contribution is 2.29. The van der Waals surface area contributed by atoms with Crippen LogP contribution in [0.25, 0.3) is 0 Å². The Bertz CT molecular complexity index is 108. The molecule has 2 unspecified atom stereocenters. The van der Waals surface area contributed by atoms with Crippen molar-refractivity contribution in [3.63, 3.8) is 0 Å². The molecule has 0 amide bonds. The number of hydrogen-bond donors (Lipinski definition) is 1. The Morgan fingerprint density at radius 2 is 1.91 bits per heavy atom. The molecule has 1 aliphatic rings. The van der Waals surface area contributed by atoms with Crippen molar-refractivity contribution in [3.8, 4) is 0 Å². The molecular weight excluding hydrogens is 140 g/mol. The Morgan fingerprint density at radius 1 is 1.36 bits per heavy atom. The average molecular weight is 158 g/mol. The molecule has 2 nitrogen and oxygen atoms in total. The molecule has 0 heterocycles. The highest BCUT2D eigenvalue weighted by Gasteiger charge is 2.27. The number of aliphatic hydroxyl groups is 1. The summed E-state index contributed by atoms with van der Waals surface area (Å²) in [6.45, 7) is 1.93. The van der Waals surface area contributed by atoms with Gasteiger partial charge in [0.1, 0.15) is 0 Å². The van der Waals surface area contributed by atoms with Crippen LogP contribution >= 0.6 is 0 Å². The third-order valence-electron chi connectivity index (χ3n) is 2.74. The van der Waals surface area contributed by atoms with Crippen molar-refractivity contribution in [2.24, 2.45) is 5.92 Å². The molecule has 0 saturated heterocycles. The molecule has 0 aromatic heterocycles. The van der Waals surface area contributed by atoms with E-state index in [1.54, 1.807) is 7.11 Å². The van der Waals surface area contributed by atoms with E-state index >= 15 is 0 Å². The molecule has 1 N–H and O–H groups in total. The summed E-state index contributed by atoms with van der Waals surface area (Å²) >= 11 is 0. The van der Waals surface area contributed by atoms with Crippen LogP contribution in [-0.4, -0.2) is 24.4 Å². The highest BCUT2D eigenvalue weighted by molar-refractivity contribution is 4.78. The summed E-state index contributed by atoms with van der Waals surface area (Å²) in [5, 5.41) is 9.69. The first-order valence-corrected chi connectivity index (χ1v) is 4.46. The summed E-state index contributed by atoms with van der Waals surface area (Å²) in [5.41, 5.74) is 0. The molecule has 0 aromatic rings. The first kappa shape index (κ1) is 9.01. The minimum atomic E-state index is -0.248. The Hall–Kier alpha value is -0.0800. The zero-order valence-corrected chi connectivity index (χ0v) is 7.42. The molecule has 1 fully saturated rings. The van der Waals surface area contributed by atoms with Crippen LogP contribution in [0.4, 0.5) is 0 Å². The SMILES string of the molecule is COC(C)C(O)C1CCCC1. The van der Waals surface area contributed by atoms with Gasteiger partial charge in [0, 0.05) is 7.11 Å². The van der Waals surface area contributed by atoms with Crippen molar-refractivity contribution < 1.29 is 9.84 Å². The maximum Gasteiger partial charge on any atom is 0.0827 e. The van der Waals surface area contributed by atoms with E-state index in [1.165, 1.54) is 25.7 Å². The van der Waals surface area contributed by atoms with Crippen molar-refractivity contribution in [3.05, 3.63) is 0 Å². The van der Waals surface area contributed by atoms with E-state index in [4.69, 9.17) is 4.74 Å². The summed E-state index contributed by atoms with van der Waals surface area (Å²) < 4.78 is 5.07. The van der Waals surface area contributed by atoms with Crippen molar-refractivity contribution in [1.29, 1.82) is 0 Å². The lowest BCUT2D eigenvalue weighted by Crippen LogP contribution is -2.31. The second-order valence-electron chi connectivity index (χ2n) is 3.48. The third-order valence-corrected chi connectivity index (χ3v) is 2.74. The first-order valence-electron chi connectivity index (χ1n) is 4.46. The van der Waals surface area contributed by atoms with Crippen LogP contribution in [0, 0.1) is 5.92 Å². The number of ether oxygens (including phenoxy) is 1. The molecule has 66 valence electrons. The molecule has 0 spiro atoms. The lowest BCUT2D eigenvalue weighted by Gasteiger charge is -2.22. The first-order chi connectivity index (χ1) is 5.25. The maximum absolute atomic E-state index is 9.69. The van der Waals surface area contributed by atoms with Gasteiger partial charge in [0.25, 0.3) is 0 Å². The predicted octanol–water partition coefficient (Wildman–Crippen LogP) is 1.57. The zero-order valence-electron chi connectivity index (χ0n) is 7.42. The molecule has 2 heteroatoms. The average Bonchev–Trinajstić information content (AvgIpc) is 2.53. The summed E-state index contributed by atoms with van der Waals surface area (Å²) in [6.07, 6.45) is 4.65. The Labute approximate surface area is 68.6 Å². The van der Waals surface area contributed by atoms with E-state index in [9.17, 15) is 5.11 Å². The lowest BCUT2D eigenvalue weighted by atomic mass is 9.97. The van der Waals surface area contributed by atoms with E-state index in [2.05, 4.69) is 0 Å². The van der Waals surface area contributed by atoms with Crippen LogP contribution in [0.3, 0.4) is 0 Å². The van der Waals surface area contributed by atoms with E-state index < -0.39 is 0 Å². The summed E-state index contributed by atoms with van der Waals surface area (Å²) in [4.78, 5) is 0. The van der Waals surface area contributed by atoms with Gasteiger partial charge in [0.15, 0.2) is 0 Å². The molecular formula is C9H18O2. The summed E-state index contributed by atoms with van der Waals surface area (Å²) in [7, 11) is 1.66. The molecule has 11 heavy (non-hydrogen) atoms. The van der Waals surface area contributed by atoms with Crippen molar-refractivity contribution >= 4 is 0 Å². The monoisotopic (exact) mass is 158 g/mol. The van der Waals surface area contributed by atoms with Gasteiger partial charge < -0.3 is 9.84 Å². The van der Waals surface area contributed by atoms with Crippen LogP contribution in [0.15, 0.2) is 0 Å². The van der Waals surface area contributed by atoms with E-state index in [0.717, 1.165) is 0 Å². The van der Waals surface area contributed by atoms with Crippen LogP contribution in [0.1, 0.15) is 32.6 Å². The quantitative estimate of drug-likeness (QED) is 0.675. The molecule has 1 rings (SSSR count). The second-order valence-corrected chi connectivity index (χ2v) is 3.48. The predicted molar refractivity (Wildman–Crippen MR) is 44.4 cm³/mol. The van der Waals surface area contributed by atoms with Gasteiger partial charge in [-0.2, -0.15) is 0 Å². The van der Waals surface area contributed by atoms with E-state index in [0.29, 0.717) is 5.92 Å². The fourth-order valence-electron chi connectivity index (χ4n) is 1.82. The lowest BCUT2D eigenvalue weighted by molar-refractivity contribution is -0.0299. The number of rotatable bonds is 3. The number of hydrogen-bond acceptors (Lipinski definition) is 2. The largest absolute Gasteiger partial charge is 0.390 e. The molecule has 0 aliphatic heterocycles. The minimum absolute atomic E-state index is 0.00176. The standard InChI is InChI=1S/C9H18O2/c1-7(11-2)9(10)8-5-3-4-6-8/h7-10H,3-6H2,1-2H3. The molecule has 1 aliphatic carbocycles. The number of aliphatic hydroxyl groups excluding tert-OH is 1. The van der Waals surface area contributed by atoms with E-state index in [-0.39, 0.29) is 12.2 Å². The van der Waals surface area contributed by atoms with Gasteiger partial charge in [-0.25, -0.2) is 0 Å². The highest BCUT2D eigenvalue weighted by atomic mass is 16.5. The summed E-state index contributed by atoms with van der Waals surface area (Å²) in [6, 6.07) is 0. The van der Waals surface area contributed by atoms with Crippen molar-refractivity contribution in [2.45, 2.75) is 44.8 Å². The van der Waals surface area contributed by atoms with Crippen molar-refractivity contribution in [2.75, 3.05) is 7.11 Å². The molecule has 0 aromatic carbocycles. The number of methoxy groups -OCH3 is 1. The normalized spacial score (nSPS) is 25.4.